The van der Waals surface area contributed by atoms with Gasteiger partial charge >= 0.3 is 6.03 Å². The van der Waals surface area contributed by atoms with Gasteiger partial charge in [-0.2, -0.15) is 0 Å². The fourth-order valence-electron chi connectivity index (χ4n) is 3.87. The zero-order valence-electron chi connectivity index (χ0n) is 16.8. The Labute approximate surface area is 181 Å². The fourth-order valence-corrected chi connectivity index (χ4v) is 5.19. The van der Waals surface area contributed by atoms with Crippen molar-refractivity contribution in [1.29, 1.82) is 0 Å². The molecule has 1 N–H and O–H groups in total. The van der Waals surface area contributed by atoms with Crippen molar-refractivity contribution < 1.29 is 18.0 Å². The molecule has 0 aromatic heterocycles. The quantitative estimate of drug-likeness (QED) is 0.578. The Kier molecular flexibility index (Phi) is 5.61. The van der Waals surface area contributed by atoms with Crippen LogP contribution in [0.3, 0.4) is 0 Å². The van der Waals surface area contributed by atoms with Crippen LogP contribution in [0.4, 0.5) is 4.79 Å². The summed E-state index contributed by atoms with van der Waals surface area (Å²) in [6, 6.07) is 25.8. The molecule has 3 aromatic rings. The number of hydrogen-bond donors (Lipinski definition) is 1. The summed E-state index contributed by atoms with van der Waals surface area (Å²) in [5, 5.41) is 2.87. The summed E-state index contributed by atoms with van der Waals surface area (Å²) in [7, 11) is -3.49. The zero-order valence-corrected chi connectivity index (χ0v) is 17.6. The van der Waals surface area contributed by atoms with Crippen molar-refractivity contribution in [1.82, 2.24) is 10.2 Å². The molecule has 1 fully saturated rings. The van der Waals surface area contributed by atoms with Crippen LogP contribution in [0, 0.1) is 0 Å². The van der Waals surface area contributed by atoms with Gasteiger partial charge in [-0.1, -0.05) is 78.9 Å². The summed E-state index contributed by atoms with van der Waals surface area (Å²) in [6.07, 6.45) is 0.149. The SMILES string of the molecule is O=C1NC(c2ccccc2)(c2ccccc2)C(=O)N1CCCS(=O)(=O)c1ccccc1. The molecule has 1 aliphatic rings. The van der Waals surface area contributed by atoms with E-state index < -0.39 is 27.3 Å². The van der Waals surface area contributed by atoms with Crippen LogP contribution in [-0.4, -0.2) is 37.6 Å². The van der Waals surface area contributed by atoms with Gasteiger partial charge in [0.15, 0.2) is 15.4 Å². The zero-order chi connectivity index (χ0) is 21.9. The number of imide groups is 1. The average molecular weight is 435 g/mol. The van der Waals surface area contributed by atoms with Crippen molar-refractivity contribution in [2.75, 3.05) is 12.3 Å². The Hall–Kier alpha value is -3.45. The van der Waals surface area contributed by atoms with Gasteiger partial charge < -0.3 is 5.32 Å². The van der Waals surface area contributed by atoms with Crippen molar-refractivity contribution in [3.8, 4) is 0 Å². The summed E-state index contributed by atoms with van der Waals surface area (Å²) in [4.78, 5) is 27.7. The third-order valence-corrected chi connectivity index (χ3v) is 7.23. The molecule has 3 aromatic carbocycles. The molecular weight excluding hydrogens is 412 g/mol. The van der Waals surface area contributed by atoms with E-state index in [2.05, 4.69) is 5.32 Å². The molecule has 0 aliphatic carbocycles. The molecule has 4 rings (SSSR count). The minimum absolute atomic E-state index is 0.0121. The monoisotopic (exact) mass is 434 g/mol. The molecule has 1 aliphatic heterocycles. The Morgan fingerprint density at radius 1 is 0.742 bits per heavy atom. The molecule has 31 heavy (non-hydrogen) atoms. The summed E-state index contributed by atoms with van der Waals surface area (Å²) < 4.78 is 25.1. The van der Waals surface area contributed by atoms with Crippen molar-refractivity contribution in [2.45, 2.75) is 16.9 Å². The van der Waals surface area contributed by atoms with Crippen LogP contribution in [0.25, 0.3) is 0 Å². The summed E-state index contributed by atoms with van der Waals surface area (Å²) >= 11 is 0. The Balaban J connectivity index is 1.58. The van der Waals surface area contributed by atoms with Gasteiger partial charge in [-0.05, 0) is 29.7 Å². The lowest BCUT2D eigenvalue weighted by molar-refractivity contribution is -0.130. The topological polar surface area (TPSA) is 83.6 Å². The molecule has 1 saturated heterocycles. The number of hydrogen-bond acceptors (Lipinski definition) is 4. The van der Waals surface area contributed by atoms with Gasteiger partial charge in [-0.25, -0.2) is 13.2 Å². The van der Waals surface area contributed by atoms with Crippen LogP contribution in [0.1, 0.15) is 17.5 Å². The highest BCUT2D eigenvalue weighted by atomic mass is 32.2. The summed E-state index contributed by atoms with van der Waals surface area (Å²) in [5.41, 5.74) is -0.0318. The number of nitrogens with zero attached hydrogens (tertiary/aromatic N) is 1. The number of nitrogens with one attached hydrogen (secondary N) is 1. The number of benzene rings is 3. The Morgan fingerprint density at radius 2 is 1.23 bits per heavy atom. The van der Waals surface area contributed by atoms with Crippen molar-refractivity contribution in [3.63, 3.8) is 0 Å². The summed E-state index contributed by atoms with van der Waals surface area (Å²) in [6.45, 7) is 0.0121. The van der Waals surface area contributed by atoms with Crippen LogP contribution in [0.15, 0.2) is 95.9 Å². The number of urea groups is 1. The lowest BCUT2D eigenvalue weighted by Crippen LogP contribution is -2.45. The van der Waals surface area contributed by atoms with Gasteiger partial charge in [0.1, 0.15) is 0 Å². The van der Waals surface area contributed by atoms with E-state index in [1.165, 1.54) is 0 Å². The molecule has 0 saturated carbocycles. The maximum Gasteiger partial charge on any atom is 0.325 e. The molecular formula is C24H22N2O4S. The third-order valence-electron chi connectivity index (χ3n) is 5.42. The van der Waals surface area contributed by atoms with Gasteiger partial charge in [0.2, 0.25) is 0 Å². The second kappa shape index (κ2) is 8.35. The molecule has 6 nitrogen and oxygen atoms in total. The molecule has 0 atom stereocenters. The molecule has 0 radical (unpaired) electrons. The van der Waals surface area contributed by atoms with E-state index in [0.717, 1.165) is 4.90 Å². The van der Waals surface area contributed by atoms with E-state index in [1.54, 1.807) is 54.6 Å². The molecule has 7 heteroatoms. The standard InChI is InChI=1S/C24H22N2O4S/c27-22-24(19-11-4-1-5-12-19,20-13-6-2-7-14-20)25-23(28)26(22)17-10-18-31(29,30)21-15-8-3-9-16-21/h1-9,11-16H,10,17-18H2,(H,25,28). The van der Waals surface area contributed by atoms with Gasteiger partial charge in [-0.3, -0.25) is 9.69 Å². The summed E-state index contributed by atoms with van der Waals surface area (Å²) in [5.74, 6) is -0.565. The third kappa shape index (κ3) is 3.84. The molecule has 0 unspecified atom stereocenters. The second-order valence-corrected chi connectivity index (χ2v) is 9.46. The van der Waals surface area contributed by atoms with Crippen LogP contribution >= 0.6 is 0 Å². The van der Waals surface area contributed by atoms with Crippen LogP contribution < -0.4 is 5.32 Å². The predicted molar refractivity (Wildman–Crippen MR) is 117 cm³/mol. The first-order valence-electron chi connectivity index (χ1n) is 9.98. The van der Waals surface area contributed by atoms with Crippen molar-refractivity contribution in [3.05, 3.63) is 102 Å². The highest BCUT2D eigenvalue weighted by Crippen LogP contribution is 2.36. The Morgan fingerprint density at radius 3 is 1.74 bits per heavy atom. The first-order valence-corrected chi connectivity index (χ1v) is 11.6. The van der Waals surface area contributed by atoms with E-state index >= 15 is 0 Å². The average Bonchev–Trinajstić information content (AvgIpc) is 3.06. The maximum atomic E-state index is 13.6. The number of carbonyl (C=O) groups is 2. The van der Waals surface area contributed by atoms with Crippen LogP contribution in [-0.2, 0) is 20.2 Å². The first-order chi connectivity index (χ1) is 14.9. The van der Waals surface area contributed by atoms with Crippen LogP contribution in [0.5, 0.6) is 0 Å². The van der Waals surface area contributed by atoms with Gasteiger partial charge in [0.25, 0.3) is 5.91 Å². The number of amides is 3. The molecule has 3 amide bonds. The van der Waals surface area contributed by atoms with Crippen molar-refractivity contribution >= 4 is 21.8 Å². The lowest BCUT2D eigenvalue weighted by Gasteiger charge is -2.28. The smallest absolute Gasteiger partial charge is 0.315 e. The fraction of sp³-hybridized carbons (Fsp3) is 0.167. The maximum absolute atomic E-state index is 13.6. The van der Waals surface area contributed by atoms with E-state index in [-0.39, 0.29) is 23.6 Å². The van der Waals surface area contributed by atoms with E-state index in [0.29, 0.717) is 11.1 Å². The number of sulfone groups is 1. The number of carbonyl (C=O) groups excluding carboxylic acids is 2. The largest absolute Gasteiger partial charge is 0.325 e. The van der Waals surface area contributed by atoms with Gasteiger partial charge in [-0.15, -0.1) is 0 Å². The van der Waals surface area contributed by atoms with E-state index in [9.17, 15) is 18.0 Å². The molecule has 0 spiro atoms. The van der Waals surface area contributed by atoms with E-state index in [4.69, 9.17) is 0 Å². The first kappa shape index (κ1) is 20.8. The van der Waals surface area contributed by atoms with E-state index in [1.807, 2.05) is 36.4 Å². The van der Waals surface area contributed by atoms with Crippen LogP contribution in [0.2, 0.25) is 0 Å². The number of rotatable bonds is 7. The molecule has 1 heterocycles. The predicted octanol–water partition coefficient (Wildman–Crippen LogP) is 3.35. The van der Waals surface area contributed by atoms with Crippen molar-refractivity contribution in [2.24, 2.45) is 0 Å². The van der Waals surface area contributed by atoms with Gasteiger partial charge in [0, 0.05) is 6.54 Å². The molecule has 158 valence electrons. The highest BCUT2D eigenvalue weighted by molar-refractivity contribution is 7.91. The normalized spacial score (nSPS) is 15.7. The minimum Gasteiger partial charge on any atom is -0.315 e. The lowest BCUT2D eigenvalue weighted by atomic mass is 9.82. The highest BCUT2D eigenvalue weighted by Gasteiger charge is 2.53. The van der Waals surface area contributed by atoms with Gasteiger partial charge in [0.05, 0.1) is 10.6 Å². The Bertz CT molecular complexity index is 1140. The minimum atomic E-state index is -3.49. The molecule has 0 bridgehead atoms. The second-order valence-electron chi connectivity index (χ2n) is 7.35.